The Morgan fingerprint density at radius 1 is 1.03 bits per heavy atom. The van der Waals surface area contributed by atoms with Gasteiger partial charge in [-0.3, -0.25) is 19.3 Å². The van der Waals surface area contributed by atoms with E-state index in [1.807, 2.05) is 18.7 Å². The number of hydrogen-bond donors (Lipinski definition) is 1. The van der Waals surface area contributed by atoms with Crippen LogP contribution in [0, 0.1) is 0 Å². The van der Waals surface area contributed by atoms with Crippen LogP contribution in [-0.2, 0) is 9.59 Å². The molecule has 33 heavy (non-hydrogen) atoms. The number of benzene rings is 1. The molecule has 0 bridgehead atoms. The standard InChI is InChI=1S/C25H33N5O3/c1-5-28(6-2)16-17-29(18(3)4)22(31)13-14-23(32)30-21-12-8-7-10-19(21)25(33)27-20-11-9-15-26-24(20)30/h7-12,15,18H,5-6,13-14,16-17H2,1-4H3,(H,27,33). The first-order chi connectivity index (χ1) is 15.9. The van der Waals surface area contributed by atoms with Crippen molar-refractivity contribution < 1.29 is 14.4 Å². The van der Waals surface area contributed by atoms with Crippen LogP contribution in [0.5, 0.6) is 0 Å². The highest BCUT2D eigenvalue weighted by Gasteiger charge is 2.30. The number of hydrogen-bond acceptors (Lipinski definition) is 5. The van der Waals surface area contributed by atoms with Crippen LogP contribution in [-0.4, -0.2) is 64.7 Å². The molecule has 1 aliphatic rings. The predicted molar refractivity (Wildman–Crippen MR) is 130 cm³/mol. The summed E-state index contributed by atoms with van der Waals surface area (Å²) < 4.78 is 0. The molecule has 2 heterocycles. The van der Waals surface area contributed by atoms with E-state index in [0.717, 1.165) is 19.6 Å². The molecule has 0 saturated heterocycles. The van der Waals surface area contributed by atoms with Gasteiger partial charge < -0.3 is 15.1 Å². The fraction of sp³-hybridized carbons (Fsp3) is 0.440. The normalized spacial score (nSPS) is 12.8. The van der Waals surface area contributed by atoms with Gasteiger partial charge in [0, 0.05) is 38.2 Å². The van der Waals surface area contributed by atoms with E-state index in [0.29, 0.717) is 29.3 Å². The van der Waals surface area contributed by atoms with Gasteiger partial charge in [-0.25, -0.2) is 4.98 Å². The molecule has 176 valence electrons. The number of likely N-dealkylation sites (N-methyl/N-ethyl adjacent to an activating group) is 1. The van der Waals surface area contributed by atoms with Crippen molar-refractivity contribution in [3.63, 3.8) is 0 Å². The molecule has 0 fully saturated rings. The van der Waals surface area contributed by atoms with Crippen molar-refractivity contribution in [1.29, 1.82) is 0 Å². The first kappa shape index (κ1) is 24.4. The Morgan fingerprint density at radius 3 is 2.45 bits per heavy atom. The van der Waals surface area contributed by atoms with Gasteiger partial charge in [0.05, 0.1) is 16.9 Å². The number of nitrogens with zero attached hydrogens (tertiary/aromatic N) is 4. The van der Waals surface area contributed by atoms with Crippen LogP contribution < -0.4 is 10.2 Å². The summed E-state index contributed by atoms with van der Waals surface area (Å²) in [6.07, 6.45) is 1.70. The summed E-state index contributed by atoms with van der Waals surface area (Å²) in [6, 6.07) is 10.4. The topological polar surface area (TPSA) is 85.9 Å². The average Bonchev–Trinajstić information content (AvgIpc) is 2.94. The Balaban J connectivity index is 1.79. The van der Waals surface area contributed by atoms with E-state index in [4.69, 9.17) is 0 Å². The zero-order valence-corrected chi connectivity index (χ0v) is 19.9. The molecule has 1 aromatic heterocycles. The fourth-order valence-electron chi connectivity index (χ4n) is 4.02. The van der Waals surface area contributed by atoms with Gasteiger partial charge in [-0.1, -0.05) is 26.0 Å². The van der Waals surface area contributed by atoms with Crippen molar-refractivity contribution in [3.05, 3.63) is 48.2 Å². The Morgan fingerprint density at radius 2 is 1.76 bits per heavy atom. The quantitative estimate of drug-likeness (QED) is 0.629. The highest BCUT2D eigenvalue weighted by Crippen LogP contribution is 2.36. The second-order valence-electron chi connectivity index (χ2n) is 8.28. The van der Waals surface area contributed by atoms with Gasteiger partial charge in [-0.2, -0.15) is 0 Å². The number of carbonyl (C=O) groups is 3. The number of carbonyl (C=O) groups excluding carboxylic acids is 3. The molecular formula is C25H33N5O3. The van der Waals surface area contributed by atoms with Gasteiger partial charge in [0.15, 0.2) is 5.82 Å². The van der Waals surface area contributed by atoms with Crippen molar-refractivity contribution >= 4 is 34.9 Å². The molecule has 2 aromatic rings. The number of pyridine rings is 1. The van der Waals surface area contributed by atoms with Gasteiger partial charge in [0.2, 0.25) is 11.8 Å². The summed E-state index contributed by atoms with van der Waals surface area (Å²) in [5.74, 6) is -0.270. The molecule has 0 aliphatic carbocycles. The molecule has 8 nitrogen and oxygen atoms in total. The van der Waals surface area contributed by atoms with E-state index in [-0.39, 0.29) is 36.6 Å². The van der Waals surface area contributed by atoms with E-state index in [2.05, 4.69) is 29.0 Å². The molecule has 1 aliphatic heterocycles. The zero-order valence-electron chi connectivity index (χ0n) is 19.9. The van der Waals surface area contributed by atoms with E-state index in [9.17, 15) is 14.4 Å². The lowest BCUT2D eigenvalue weighted by Crippen LogP contribution is -2.43. The smallest absolute Gasteiger partial charge is 0.257 e. The molecule has 0 atom stereocenters. The zero-order chi connectivity index (χ0) is 24.0. The van der Waals surface area contributed by atoms with Crippen LogP contribution in [0.3, 0.4) is 0 Å². The van der Waals surface area contributed by atoms with Crippen LogP contribution in [0.2, 0.25) is 0 Å². The monoisotopic (exact) mass is 451 g/mol. The Hall–Kier alpha value is -3.26. The van der Waals surface area contributed by atoms with Crippen LogP contribution in [0.4, 0.5) is 17.2 Å². The molecule has 1 aromatic carbocycles. The number of rotatable bonds is 9. The summed E-state index contributed by atoms with van der Waals surface area (Å²) >= 11 is 0. The third-order valence-corrected chi connectivity index (χ3v) is 5.93. The Labute approximate surface area is 195 Å². The van der Waals surface area contributed by atoms with Gasteiger partial charge in [0.25, 0.3) is 5.91 Å². The maximum atomic E-state index is 13.4. The summed E-state index contributed by atoms with van der Waals surface area (Å²) in [7, 11) is 0. The van der Waals surface area contributed by atoms with Crippen molar-refractivity contribution in [1.82, 2.24) is 14.8 Å². The Kier molecular flexibility index (Phi) is 8.16. The van der Waals surface area contributed by atoms with Crippen LogP contribution in [0.1, 0.15) is 50.9 Å². The van der Waals surface area contributed by atoms with E-state index < -0.39 is 0 Å². The maximum absolute atomic E-state index is 13.4. The molecule has 8 heteroatoms. The molecule has 3 rings (SSSR count). The molecule has 3 amide bonds. The van der Waals surface area contributed by atoms with Gasteiger partial charge >= 0.3 is 0 Å². The summed E-state index contributed by atoms with van der Waals surface area (Å²) in [4.78, 5) is 49.1. The van der Waals surface area contributed by atoms with Gasteiger partial charge in [0.1, 0.15) is 0 Å². The third kappa shape index (κ3) is 5.57. The van der Waals surface area contributed by atoms with Gasteiger partial charge in [-0.15, -0.1) is 0 Å². The minimum Gasteiger partial charge on any atom is -0.339 e. The van der Waals surface area contributed by atoms with Crippen molar-refractivity contribution in [2.45, 2.75) is 46.6 Å². The largest absolute Gasteiger partial charge is 0.339 e. The molecule has 1 N–H and O–H groups in total. The minimum atomic E-state index is -0.298. The third-order valence-electron chi connectivity index (χ3n) is 5.93. The average molecular weight is 452 g/mol. The SMILES string of the molecule is CCN(CC)CCN(C(=O)CCC(=O)N1c2ccccc2C(=O)Nc2cccnc21)C(C)C. The highest BCUT2D eigenvalue weighted by atomic mass is 16.2. The van der Waals surface area contributed by atoms with E-state index in [1.165, 1.54) is 4.90 Å². The first-order valence-corrected chi connectivity index (χ1v) is 11.6. The molecule has 0 saturated carbocycles. The summed E-state index contributed by atoms with van der Waals surface area (Å²) in [5.41, 5.74) is 1.31. The van der Waals surface area contributed by atoms with Gasteiger partial charge in [-0.05, 0) is 51.2 Å². The van der Waals surface area contributed by atoms with E-state index in [1.54, 1.807) is 42.6 Å². The molecular weight excluding hydrogens is 418 g/mol. The van der Waals surface area contributed by atoms with E-state index >= 15 is 0 Å². The predicted octanol–water partition coefficient (Wildman–Crippen LogP) is 3.67. The van der Waals surface area contributed by atoms with Crippen LogP contribution in [0.25, 0.3) is 0 Å². The first-order valence-electron chi connectivity index (χ1n) is 11.6. The molecule has 0 unspecified atom stereocenters. The fourth-order valence-corrected chi connectivity index (χ4v) is 4.02. The van der Waals surface area contributed by atoms with Crippen molar-refractivity contribution in [2.24, 2.45) is 0 Å². The number of aromatic nitrogens is 1. The number of anilines is 3. The number of amides is 3. The number of para-hydroxylation sites is 1. The van der Waals surface area contributed by atoms with Crippen molar-refractivity contribution in [2.75, 3.05) is 36.4 Å². The molecule has 0 radical (unpaired) electrons. The number of nitrogens with one attached hydrogen (secondary N) is 1. The lowest BCUT2D eigenvalue weighted by atomic mass is 10.1. The second-order valence-corrected chi connectivity index (χ2v) is 8.28. The maximum Gasteiger partial charge on any atom is 0.257 e. The minimum absolute atomic E-state index is 0.0197. The van der Waals surface area contributed by atoms with Crippen LogP contribution in [0.15, 0.2) is 42.6 Å². The lowest BCUT2D eigenvalue weighted by molar-refractivity contribution is -0.134. The highest BCUT2D eigenvalue weighted by molar-refractivity contribution is 6.17. The lowest BCUT2D eigenvalue weighted by Gasteiger charge is -2.30. The second kappa shape index (κ2) is 11.0. The van der Waals surface area contributed by atoms with Crippen LogP contribution >= 0.6 is 0 Å². The Bertz CT molecular complexity index is 1000. The summed E-state index contributed by atoms with van der Waals surface area (Å²) in [6.45, 7) is 11.5. The number of fused-ring (bicyclic) bond motifs is 2. The van der Waals surface area contributed by atoms with Crippen molar-refractivity contribution in [3.8, 4) is 0 Å². The molecule has 0 spiro atoms. The summed E-state index contributed by atoms with van der Waals surface area (Å²) in [5, 5.41) is 2.82.